The van der Waals surface area contributed by atoms with Crippen LogP contribution in [0.2, 0.25) is 10.0 Å². The van der Waals surface area contributed by atoms with Crippen molar-refractivity contribution in [3.8, 4) is 0 Å². The maximum Gasteiger partial charge on any atom is 0.0465 e. The van der Waals surface area contributed by atoms with E-state index in [-0.39, 0.29) is 0 Å². The highest BCUT2D eigenvalue weighted by Gasteiger charge is 2.30. The third-order valence-electron chi connectivity index (χ3n) is 4.37. The number of hydrogen-bond acceptors (Lipinski definition) is 2. The predicted octanol–water partition coefficient (Wildman–Crippen LogP) is 4.59. The summed E-state index contributed by atoms with van der Waals surface area (Å²) < 4.78 is 0. The molecule has 0 aliphatic carbocycles. The summed E-state index contributed by atoms with van der Waals surface area (Å²) in [4.78, 5) is 2.55. The van der Waals surface area contributed by atoms with Crippen LogP contribution in [0.5, 0.6) is 0 Å². The van der Waals surface area contributed by atoms with Gasteiger partial charge in [-0.2, -0.15) is 0 Å². The zero-order chi connectivity index (χ0) is 15.4. The van der Waals surface area contributed by atoms with E-state index in [0.717, 1.165) is 35.2 Å². The molecule has 1 aliphatic heterocycles. The number of piperazine rings is 1. The van der Waals surface area contributed by atoms with Crippen molar-refractivity contribution in [2.75, 3.05) is 13.1 Å². The van der Waals surface area contributed by atoms with E-state index in [1.54, 1.807) is 0 Å². The SMILES string of the molecule is CCCC1CN(Cc2c(Cl)cccc2Cl)C(C(C)C)CN1. The van der Waals surface area contributed by atoms with Crippen LogP contribution in [0.4, 0.5) is 0 Å². The summed E-state index contributed by atoms with van der Waals surface area (Å²) in [6.07, 6.45) is 2.43. The largest absolute Gasteiger partial charge is 0.311 e. The lowest BCUT2D eigenvalue weighted by Crippen LogP contribution is -2.57. The van der Waals surface area contributed by atoms with Crippen LogP contribution in [-0.2, 0) is 6.54 Å². The van der Waals surface area contributed by atoms with Gasteiger partial charge in [-0.25, -0.2) is 0 Å². The average molecular weight is 329 g/mol. The maximum atomic E-state index is 6.35. The monoisotopic (exact) mass is 328 g/mol. The van der Waals surface area contributed by atoms with Crippen molar-refractivity contribution in [1.29, 1.82) is 0 Å². The van der Waals surface area contributed by atoms with Crippen LogP contribution in [-0.4, -0.2) is 30.1 Å². The van der Waals surface area contributed by atoms with Gasteiger partial charge in [0.1, 0.15) is 0 Å². The van der Waals surface area contributed by atoms with Gasteiger partial charge in [-0.15, -0.1) is 0 Å². The lowest BCUT2D eigenvalue weighted by molar-refractivity contribution is 0.0886. The quantitative estimate of drug-likeness (QED) is 0.850. The first-order valence-electron chi connectivity index (χ1n) is 7.93. The minimum Gasteiger partial charge on any atom is -0.311 e. The zero-order valence-corrected chi connectivity index (χ0v) is 14.7. The third kappa shape index (κ3) is 4.35. The molecule has 2 rings (SSSR count). The van der Waals surface area contributed by atoms with Crippen molar-refractivity contribution in [2.24, 2.45) is 5.92 Å². The van der Waals surface area contributed by atoms with Gasteiger partial charge in [-0.05, 0) is 24.5 Å². The highest BCUT2D eigenvalue weighted by molar-refractivity contribution is 6.35. The van der Waals surface area contributed by atoms with Gasteiger partial charge in [0.15, 0.2) is 0 Å². The first kappa shape index (κ1) is 17.1. The molecule has 1 aliphatic rings. The lowest BCUT2D eigenvalue weighted by Gasteiger charge is -2.42. The Morgan fingerprint density at radius 3 is 2.52 bits per heavy atom. The highest BCUT2D eigenvalue weighted by Crippen LogP contribution is 2.28. The smallest absolute Gasteiger partial charge is 0.0465 e. The molecule has 0 bridgehead atoms. The molecule has 1 saturated heterocycles. The van der Waals surface area contributed by atoms with Gasteiger partial charge in [0, 0.05) is 47.3 Å². The lowest BCUT2D eigenvalue weighted by atomic mass is 9.96. The van der Waals surface area contributed by atoms with Crippen molar-refractivity contribution in [2.45, 2.75) is 52.2 Å². The Labute approximate surface area is 138 Å². The van der Waals surface area contributed by atoms with E-state index in [1.807, 2.05) is 18.2 Å². The van der Waals surface area contributed by atoms with Gasteiger partial charge in [0.05, 0.1) is 0 Å². The van der Waals surface area contributed by atoms with Gasteiger partial charge in [0.2, 0.25) is 0 Å². The molecule has 2 atom stereocenters. The molecule has 1 aromatic carbocycles. The average Bonchev–Trinajstić information content (AvgIpc) is 2.43. The second-order valence-corrected chi connectivity index (χ2v) is 7.15. The van der Waals surface area contributed by atoms with E-state index < -0.39 is 0 Å². The summed E-state index contributed by atoms with van der Waals surface area (Å²) in [6, 6.07) is 6.88. The number of nitrogens with zero attached hydrogens (tertiary/aromatic N) is 1. The van der Waals surface area contributed by atoms with Crippen molar-refractivity contribution in [3.63, 3.8) is 0 Å². The Morgan fingerprint density at radius 2 is 1.95 bits per heavy atom. The van der Waals surface area contributed by atoms with Gasteiger partial charge in [-0.1, -0.05) is 56.5 Å². The van der Waals surface area contributed by atoms with Crippen molar-refractivity contribution in [3.05, 3.63) is 33.8 Å². The summed E-state index contributed by atoms with van der Waals surface area (Å²) in [5.41, 5.74) is 1.06. The van der Waals surface area contributed by atoms with E-state index in [1.165, 1.54) is 12.8 Å². The normalized spacial score (nSPS) is 23.7. The fourth-order valence-corrected chi connectivity index (χ4v) is 3.68. The molecule has 2 unspecified atom stereocenters. The van der Waals surface area contributed by atoms with Crippen LogP contribution in [0.25, 0.3) is 0 Å². The van der Waals surface area contributed by atoms with Gasteiger partial charge >= 0.3 is 0 Å². The summed E-state index contributed by atoms with van der Waals surface area (Å²) in [5.74, 6) is 0.612. The minimum absolute atomic E-state index is 0.533. The van der Waals surface area contributed by atoms with E-state index in [9.17, 15) is 0 Å². The molecule has 0 radical (unpaired) electrons. The molecule has 0 spiro atoms. The van der Waals surface area contributed by atoms with Crippen LogP contribution in [0, 0.1) is 5.92 Å². The summed E-state index contributed by atoms with van der Waals surface area (Å²) in [5, 5.41) is 5.24. The Bertz CT molecular complexity index is 442. The van der Waals surface area contributed by atoms with Gasteiger partial charge in [-0.3, -0.25) is 4.90 Å². The van der Waals surface area contributed by atoms with Crippen LogP contribution in [0.1, 0.15) is 39.2 Å². The topological polar surface area (TPSA) is 15.3 Å². The molecule has 1 aromatic rings. The predicted molar refractivity (Wildman–Crippen MR) is 92.2 cm³/mol. The number of hydrogen-bond donors (Lipinski definition) is 1. The summed E-state index contributed by atoms with van der Waals surface area (Å²) >= 11 is 12.7. The maximum absolute atomic E-state index is 6.35. The second-order valence-electron chi connectivity index (χ2n) is 6.33. The zero-order valence-electron chi connectivity index (χ0n) is 13.2. The fraction of sp³-hybridized carbons (Fsp3) is 0.647. The highest BCUT2D eigenvalue weighted by atomic mass is 35.5. The second kappa shape index (κ2) is 7.82. The van der Waals surface area contributed by atoms with Gasteiger partial charge in [0.25, 0.3) is 0 Å². The molecule has 0 saturated carbocycles. The Kier molecular flexibility index (Phi) is 6.36. The molecule has 1 fully saturated rings. The Hall–Kier alpha value is -0.280. The van der Waals surface area contributed by atoms with Crippen LogP contribution in [0.3, 0.4) is 0 Å². The van der Waals surface area contributed by atoms with Crippen LogP contribution in [0.15, 0.2) is 18.2 Å². The van der Waals surface area contributed by atoms with Crippen molar-refractivity contribution in [1.82, 2.24) is 10.2 Å². The standard InChI is InChI=1S/C17H26Cl2N2/c1-4-6-13-10-21(17(9-20-13)12(2)3)11-14-15(18)7-5-8-16(14)19/h5,7-8,12-13,17,20H,4,6,9-11H2,1-3H3. The Morgan fingerprint density at radius 1 is 1.29 bits per heavy atom. The number of halogens is 2. The van der Waals surface area contributed by atoms with Gasteiger partial charge < -0.3 is 5.32 Å². The van der Waals surface area contributed by atoms with E-state index in [2.05, 4.69) is 31.0 Å². The first-order chi connectivity index (χ1) is 10.0. The molecule has 2 nitrogen and oxygen atoms in total. The molecule has 1 heterocycles. The summed E-state index contributed by atoms with van der Waals surface area (Å²) in [7, 11) is 0. The van der Waals surface area contributed by atoms with E-state index in [4.69, 9.17) is 23.2 Å². The van der Waals surface area contributed by atoms with Crippen molar-refractivity contribution >= 4 is 23.2 Å². The third-order valence-corrected chi connectivity index (χ3v) is 5.08. The molecule has 1 N–H and O–H groups in total. The summed E-state index contributed by atoms with van der Waals surface area (Å²) in [6.45, 7) is 9.76. The number of rotatable bonds is 5. The van der Waals surface area contributed by atoms with Crippen LogP contribution >= 0.6 is 23.2 Å². The molecular formula is C17H26Cl2N2. The molecule has 4 heteroatoms. The van der Waals surface area contributed by atoms with E-state index in [0.29, 0.717) is 18.0 Å². The van der Waals surface area contributed by atoms with Crippen LogP contribution < -0.4 is 5.32 Å². The molecular weight excluding hydrogens is 303 g/mol. The molecule has 0 aromatic heterocycles. The number of nitrogens with one attached hydrogen (secondary N) is 1. The van der Waals surface area contributed by atoms with E-state index >= 15 is 0 Å². The molecule has 118 valence electrons. The number of benzene rings is 1. The van der Waals surface area contributed by atoms with Crippen molar-refractivity contribution < 1.29 is 0 Å². The fourth-order valence-electron chi connectivity index (χ4n) is 3.17. The molecule has 0 amide bonds. The Balaban J connectivity index is 2.16. The molecule has 21 heavy (non-hydrogen) atoms. The first-order valence-corrected chi connectivity index (χ1v) is 8.68. The minimum atomic E-state index is 0.533.